The molecule has 1 amide bonds. The smallest absolute Gasteiger partial charge is 0.331 e. The molecule has 1 N–H and O–H groups in total. The predicted octanol–water partition coefficient (Wildman–Crippen LogP) is 1.82. The molecule has 2 aromatic rings. The van der Waals surface area contributed by atoms with E-state index in [1.807, 2.05) is 0 Å². The fraction of sp³-hybridized carbons (Fsp3) is 0.238. The first-order chi connectivity index (χ1) is 14.2. The number of carbonyl (C=O) groups is 2. The van der Waals surface area contributed by atoms with Crippen molar-refractivity contribution < 1.29 is 27.5 Å². The summed E-state index contributed by atoms with van der Waals surface area (Å²) < 4.78 is 35.9. The van der Waals surface area contributed by atoms with Crippen molar-refractivity contribution in [3.8, 4) is 5.75 Å². The first-order valence-electron chi connectivity index (χ1n) is 9.00. The van der Waals surface area contributed by atoms with Gasteiger partial charge in [-0.15, -0.1) is 0 Å². The van der Waals surface area contributed by atoms with E-state index >= 15 is 0 Å². The van der Waals surface area contributed by atoms with Gasteiger partial charge in [-0.25, -0.2) is 17.5 Å². The van der Waals surface area contributed by atoms with Crippen molar-refractivity contribution >= 4 is 28.0 Å². The van der Waals surface area contributed by atoms with E-state index in [9.17, 15) is 18.0 Å². The number of ether oxygens (including phenoxy) is 2. The van der Waals surface area contributed by atoms with Crippen LogP contribution in [0.2, 0.25) is 0 Å². The lowest BCUT2D eigenvalue weighted by Crippen LogP contribution is -2.29. The van der Waals surface area contributed by atoms with Gasteiger partial charge in [-0.1, -0.05) is 30.3 Å². The molecule has 0 aliphatic carbocycles. The van der Waals surface area contributed by atoms with Crippen LogP contribution in [0.4, 0.5) is 0 Å². The maximum Gasteiger partial charge on any atom is 0.331 e. The lowest BCUT2D eigenvalue weighted by Gasteiger charge is -2.15. The van der Waals surface area contributed by atoms with Gasteiger partial charge in [0.25, 0.3) is 5.91 Å². The molecule has 0 saturated heterocycles. The lowest BCUT2D eigenvalue weighted by molar-refractivity contribution is -0.143. The van der Waals surface area contributed by atoms with Crippen LogP contribution in [-0.2, 0) is 30.9 Å². The zero-order valence-corrected chi connectivity index (χ0v) is 17.8. The van der Waals surface area contributed by atoms with E-state index in [0.29, 0.717) is 11.3 Å². The number of amides is 1. The molecule has 2 rings (SSSR count). The molecule has 2 aromatic carbocycles. The number of carbonyl (C=O) groups excluding carboxylic acids is 2. The molecule has 0 saturated carbocycles. The molecule has 0 radical (unpaired) electrons. The number of hydrogen-bond donors (Lipinski definition) is 1. The first kappa shape index (κ1) is 23.1. The molecule has 0 aliphatic heterocycles. The Balaban J connectivity index is 1.89. The standard InChI is InChI=1S/C21H24N2O6S/c1-23(2)30(26,27)19-10-5-4-8-17(19)14-22-20(24)15-29-21(25)12-11-16-7-6-9-18(13-16)28-3/h4-13H,14-15H2,1-3H3,(H,22,24)/b12-11+. The number of methoxy groups -OCH3 is 1. The Kier molecular flexibility index (Phi) is 8.14. The van der Waals surface area contributed by atoms with Crippen LogP contribution in [0.15, 0.2) is 59.5 Å². The number of benzene rings is 2. The molecule has 0 bridgehead atoms. The summed E-state index contributed by atoms with van der Waals surface area (Å²) in [6.45, 7) is -0.497. The number of esters is 1. The van der Waals surface area contributed by atoms with Crippen LogP contribution in [0.25, 0.3) is 6.08 Å². The number of nitrogens with zero attached hydrogens (tertiary/aromatic N) is 1. The Morgan fingerprint density at radius 1 is 1.10 bits per heavy atom. The number of sulfonamides is 1. The van der Waals surface area contributed by atoms with Crippen molar-refractivity contribution in [2.24, 2.45) is 0 Å². The lowest BCUT2D eigenvalue weighted by atomic mass is 10.2. The molecule has 0 aliphatic rings. The van der Waals surface area contributed by atoms with Crippen molar-refractivity contribution in [2.45, 2.75) is 11.4 Å². The predicted molar refractivity (Wildman–Crippen MR) is 112 cm³/mol. The minimum absolute atomic E-state index is 0.0146. The van der Waals surface area contributed by atoms with Gasteiger partial charge in [0.2, 0.25) is 10.0 Å². The Morgan fingerprint density at radius 3 is 2.53 bits per heavy atom. The van der Waals surface area contributed by atoms with E-state index in [1.165, 1.54) is 26.2 Å². The quantitative estimate of drug-likeness (QED) is 0.479. The summed E-state index contributed by atoms with van der Waals surface area (Å²) in [6, 6.07) is 13.5. The van der Waals surface area contributed by atoms with Crippen molar-refractivity contribution in [1.29, 1.82) is 0 Å². The van der Waals surface area contributed by atoms with Gasteiger partial charge in [0.1, 0.15) is 5.75 Å². The maximum atomic E-state index is 12.4. The van der Waals surface area contributed by atoms with Crippen LogP contribution >= 0.6 is 0 Å². The SMILES string of the molecule is COc1cccc(/C=C/C(=O)OCC(=O)NCc2ccccc2S(=O)(=O)N(C)C)c1. The monoisotopic (exact) mass is 432 g/mol. The summed E-state index contributed by atoms with van der Waals surface area (Å²) in [5.41, 5.74) is 1.18. The van der Waals surface area contributed by atoms with Gasteiger partial charge in [0.15, 0.2) is 6.61 Å². The fourth-order valence-electron chi connectivity index (χ4n) is 2.44. The summed E-state index contributed by atoms with van der Waals surface area (Å²) in [4.78, 5) is 23.9. The van der Waals surface area contributed by atoms with Crippen molar-refractivity contribution in [3.63, 3.8) is 0 Å². The topological polar surface area (TPSA) is 102 Å². The van der Waals surface area contributed by atoms with E-state index < -0.39 is 28.5 Å². The largest absolute Gasteiger partial charge is 0.497 e. The minimum atomic E-state index is -3.64. The number of rotatable bonds is 9. The van der Waals surface area contributed by atoms with Gasteiger partial charge in [0, 0.05) is 26.7 Å². The summed E-state index contributed by atoms with van der Waals surface area (Å²) in [6.07, 6.45) is 2.76. The highest BCUT2D eigenvalue weighted by Crippen LogP contribution is 2.18. The molecule has 0 heterocycles. The van der Waals surface area contributed by atoms with E-state index in [-0.39, 0.29) is 11.4 Å². The third-order valence-electron chi connectivity index (χ3n) is 4.06. The zero-order chi connectivity index (χ0) is 22.1. The van der Waals surface area contributed by atoms with Gasteiger partial charge in [0.05, 0.1) is 12.0 Å². The molecule has 160 valence electrons. The van der Waals surface area contributed by atoms with Crippen LogP contribution in [0.3, 0.4) is 0 Å². The molecular weight excluding hydrogens is 408 g/mol. The Labute approximate surface area is 176 Å². The number of hydrogen-bond acceptors (Lipinski definition) is 6. The van der Waals surface area contributed by atoms with Gasteiger partial charge < -0.3 is 14.8 Å². The summed E-state index contributed by atoms with van der Waals surface area (Å²) in [5.74, 6) is -0.569. The third-order valence-corrected chi connectivity index (χ3v) is 5.97. The highest BCUT2D eigenvalue weighted by Gasteiger charge is 2.20. The van der Waals surface area contributed by atoms with Gasteiger partial charge in [-0.3, -0.25) is 4.79 Å². The molecule has 0 aromatic heterocycles. The van der Waals surface area contributed by atoms with Crippen LogP contribution in [-0.4, -0.2) is 52.4 Å². The van der Waals surface area contributed by atoms with E-state index in [0.717, 1.165) is 9.87 Å². The maximum absolute atomic E-state index is 12.4. The van der Waals surface area contributed by atoms with Gasteiger partial charge >= 0.3 is 5.97 Å². The van der Waals surface area contributed by atoms with Crippen LogP contribution < -0.4 is 10.1 Å². The molecule has 0 spiro atoms. The van der Waals surface area contributed by atoms with Crippen molar-refractivity contribution in [2.75, 3.05) is 27.8 Å². The van der Waals surface area contributed by atoms with E-state index in [4.69, 9.17) is 9.47 Å². The molecular formula is C21H24N2O6S. The summed E-state index contributed by atoms with van der Waals surface area (Å²) >= 11 is 0. The first-order valence-corrected chi connectivity index (χ1v) is 10.4. The Morgan fingerprint density at radius 2 is 1.83 bits per heavy atom. The van der Waals surface area contributed by atoms with Crippen LogP contribution in [0.5, 0.6) is 5.75 Å². The Hall–Kier alpha value is -3.17. The summed E-state index contributed by atoms with van der Waals surface area (Å²) in [7, 11) is 0.772. The van der Waals surface area contributed by atoms with Gasteiger partial charge in [-0.2, -0.15) is 0 Å². The second-order valence-electron chi connectivity index (χ2n) is 6.39. The third kappa shape index (κ3) is 6.43. The Bertz CT molecular complexity index is 1030. The zero-order valence-electron chi connectivity index (χ0n) is 17.0. The molecule has 0 fully saturated rings. The highest BCUT2D eigenvalue weighted by molar-refractivity contribution is 7.89. The fourth-order valence-corrected chi connectivity index (χ4v) is 3.55. The van der Waals surface area contributed by atoms with E-state index in [1.54, 1.807) is 55.7 Å². The second kappa shape index (κ2) is 10.6. The van der Waals surface area contributed by atoms with Crippen LogP contribution in [0.1, 0.15) is 11.1 Å². The highest BCUT2D eigenvalue weighted by atomic mass is 32.2. The molecule has 9 heteroatoms. The van der Waals surface area contributed by atoms with Crippen molar-refractivity contribution in [3.05, 3.63) is 65.7 Å². The normalized spacial score (nSPS) is 11.5. The average molecular weight is 432 g/mol. The van der Waals surface area contributed by atoms with Crippen molar-refractivity contribution in [1.82, 2.24) is 9.62 Å². The number of nitrogens with one attached hydrogen (secondary N) is 1. The average Bonchev–Trinajstić information content (AvgIpc) is 2.75. The van der Waals surface area contributed by atoms with Crippen LogP contribution in [0, 0.1) is 0 Å². The molecule has 0 atom stereocenters. The second-order valence-corrected chi connectivity index (χ2v) is 8.51. The molecule has 8 nitrogen and oxygen atoms in total. The minimum Gasteiger partial charge on any atom is -0.497 e. The van der Waals surface area contributed by atoms with E-state index in [2.05, 4.69) is 5.32 Å². The molecule has 30 heavy (non-hydrogen) atoms. The molecule has 0 unspecified atom stereocenters. The van der Waals surface area contributed by atoms with Gasteiger partial charge in [-0.05, 0) is 35.4 Å². The summed E-state index contributed by atoms with van der Waals surface area (Å²) in [5, 5.41) is 2.55.